The third-order valence-corrected chi connectivity index (χ3v) is 10.1. The largest absolute Gasteiger partial charge is 0.456 e. The lowest BCUT2D eigenvalue weighted by Gasteiger charge is -2.27. The van der Waals surface area contributed by atoms with E-state index in [4.69, 9.17) is 4.42 Å². The smallest absolute Gasteiger partial charge is 0.136 e. The van der Waals surface area contributed by atoms with Gasteiger partial charge in [-0.2, -0.15) is 0 Å². The number of nitrogens with zero attached hydrogens (tertiary/aromatic N) is 1. The number of hydrogen-bond acceptors (Lipinski definition) is 2. The molecule has 10 rings (SSSR count). The Morgan fingerprint density at radius 1 is 0.438 bits per heavy atom. The Labute approximate surface area is 278 Å². The molecule has 0 N–H and O–H groups in total. The Morgan fingerprint density at radius 2 is 1.10 bits per heavy atom. The van der Waals surface area contributed by atoms with E-state index in [1.807, 2.05) is 12.1 Å². The summed E-state index contributed by atoms with van der Waals surface area (Å²) in [6.07, 6.45) is 6.74. The van der Waals surface area contributed by atoms with Gasteiger partial charge in [0.1, 0.15) is 11.2 Å². The first kappa shape index (κ1) is 27.0. The number of benzene rings is 8. The van der Waals surface area contributed by atoms with Crippen molar-refractivity contribution in [2.45, 2.75) is 12.8 Å². The summed E-state index contributed by atoms with van der Waals surface area (Å²) in [5.74, 6) is 0. The summed E-state index contributed by atoms with van der Waals surface area (Å²) in [6, 6.07) is 55.2. The van der Waals surface area contributed by atoms with Gasteiger partial charge in [0.2, 0.25) is 0 Å². The van der Waals surface area contributed by atoms with Crippen molar-refractivity contribution in [1.29, 1.82) is 0 Å². The monoisotopic (exact) mass is 613 g/mol. The number of fused-ring (bicyclic) bond motifs is 9. The molecule has 0 bridgehead atoms. The standard InChI is InChI=1S/C46H31NO/c1-2-8-30(9-3-1)31-18-20-36(21-19-31)47(37-22-24-40-33(26-37)15-14-32-10-4-5-11-39(32)40)38-23-25-41-34(27-38)16-17-35-28-46-44(29-43(35)41)42-12-6-7-13-45(42)48-46/h1-4,6-10,12-29H,5,11H2. The number of rotatable bonds is 4. The molecule has 1 aromatic heterocycles. The van der Waals surface area contributed by atoms with Crippen LogP contribution in [0.1, 0.15) is 17.5 Å². The zero-order chi connectivity index (χ0) is 31.6. The minimum absolute atomic E-state index is 0.927. The van der Waals surface area contributed by atoms with Crippen LogP contribution < -0.4 is 4.90 Å². The average molecular weight is 614 g/mol. The molecule has 1 aliphatic carbocycles. The summed E-state index contributed by atoms with van der Waals surface area (Å²) < 4.78 is 6.21. The molecule has 0 atom stereocenters. The maximum atomic E-state index is 6.21. The Morgan fingerprint density at radius 3 is 1.94 bits per heavy atom. The first-order chi connectivity index (χ1) is 23.8. The van der Waals surface area contributed by atoms with Crippen LogP contribution in [0.4, 0.5) is 17.1 Å². The number of hydrogen-bond donors (Lipinski definition) is 0. The van der Waals surface area contributed by atoms with Gasteiger partial charge in [0.15, 0.2) is 0 Å². The summed E-state index contributed by atoms with van der Waals surface area (Å²) in [4.78, 5) is 2.39. The van der Waals surface area contributed by atoms with Crippen molar-refractivity contribution >= 4 is 77.4 Å². The van der Waals surface area contributed by atoms with Gasteiger partial charge in [-0.25, -0.2) is 0 Å². The molecule has 1 heterocycles. The molecule has 0 saturated carbocycles. The molecular weight excluding hydrogens is 583 g/mol. The van der Waals surface area contributed by atoms with Crippen LogP contribution in [-0.2, 0) is 6.42 Å². The van der Waals surface area contributed by atoms with Crippen molar-refractivity contribution in [2.24, 2.45) is 0 Å². The van der Waals surface area contributed by atoms with E-state index in [0.717, 1.165) is 51.8 Å². The first-order valence-corrected chi connectivity index (χ1v) is 16.7. The molecule has 226 valence electrons. The molecule has 9 aromatic rings. The van der Waals surface area contributed by atoms with Gasteiger partial charge in [-0.1, -0.05) is 109 Å². The molecular formula is C46H31NO. The number of anilines is 3. The summed E-state index contributed by atoms with van der Waals surface area (Å²) in [7, 11) is 0. The van der Waals surface area contributed by atoms with Crippen LogP contribution in [0.5, 0.6) is 0 Å². The number of aryl methyl sites for hydroxylation is 1. The Kier molecular flexibility index (Phi) is 6.04. The van der Waals surface area contributed by atoms with Crippen LogP contribution in [0, 0.1) is 0 Å². The highest BCUT2D eigenvalue weighted by Gasteiger charge is 2.17. The van der Waals surface area contributed by atoms with Crippen LogP contribution in [0.25, 0.3) is 71.5 Å². The maximum Gasteiger partial charge on any atom is 0.136 e. The molecule has 0 unspecified atom stereocenters. The lowest BCUT2D eigenvalue weighted by Crippen LogP contribution is -2.10. The molecule has 2 nitrogen and oxygen atoms in total. The summed E-state index contributed by atoms with van der Waals surface area (Å²) >= 11 is 0. The third kappa shape index (κ3) is 4.34. The van der Waals surface area contributed by atoms with Gasteiger partial charge in [0.05, 0.1) is 0 Å². The van der Waals surface area contributed by atoms with Gasteiger partial charge < -0.3 is 9.32 Å². The minimum atomic E-state index is 0.927. The predicted molar refractivity (Wildman–Crippen MR) is 204 cm³/mol. The van der Waals surface area contributed by atoms with Crippen molar-refractivity contribution in [2.75, 3.05) is 4.90 Å². The van der Waals surface area contributed by atoms with E-state index < -0.39 is 0 Å². The van der Waals surface area contributed by atoms with E-state index in [1.165, 1.54) is 54.6 Å². The Bertz CT molecular complexity index is 2720. The van der Waals surface area contributed by atoms with Gasteiger partial charge in [0, 0.05) is 27.8 Å². The van der Waals surface area contributed by atoms with Crippen molar-refractivity contribution in [3.05, 3.63) is 169 Å². The highest BCUT2D eigenvalue weighted by molar-refractivity contribution is 6.16. The molecule has 0 aliphatic heterocycles. The van der Waals surface area contributed by atoms with E-state index in [0.29, 0.717) is 0 Å². The van der Waals surface area contributed by atoms with Crippen LogP contribution in [0.3, 0.4) is 0 Å². The molecule has 0 fully saturated rings. The van der Waals surface area contributed by atoms with Crippen molar-refractivity contribution in [3.63, 3.8) is 0 Å². The van der Waals surface area contributed by atoms with Crippen LogP contribution in [-0.4, -0.2) is 0 Å². The molecule has 0 amide bonds. The molecule has 8 aromatic carbocycles. The van der Waals surface area contributed by atoms with Gasteiger partial charge >= 0.3 is 0 Å². The summed E-state index contributed by atoms with van der Waals surface area (Å²) in [6.45, 7) is 0. The maximum absolute atomic E-state index is 6.21. The lowest BCUT2D eigenvalue weighted by atomic mass is 9.91. The van der Waals surface area contributed by atoms with Crippen molar-refractivity contribution < 1.29 is 4.42 Å². The van der Waals surface area contributed by atoms with Crippen molar-refractivity contribution in [3.8, 4) is 11.1 Å². The molecule has 0 spiro atoms. The van der Waals surface area contributed by atoms with E-state index in [1.54, 1.807) is 0 Å². The summed E-state index contributed by atoms with van der Waals surface area (Å²) in [5.41, 5.74) is 10.5. The normalized spacial score (nSPS) is 12.8. The number of para-hydroxylation sites is 1. The second-order valence-corrected chi connectivity index (χ2v) is 12.9. The first-order valence-electron chi connectivity index (χ1n) is 16.7. The van der Waals surface area contributed by atoms with E-state index in [2.05, 4.69) is 157 Å². The molecule has 48 heavy (non-hydrogen) atoms. The minimum Gasteiger partial charge on any atom is -0.456 e. The van der Waals surface area contributed by atoms with Gasteiger partial charge in [-0.05, 0) is 122 Å². The van der Waals surface area contributed by atoms with Crippen LogP contribution in [0.2, 0.25) is 0 Å². The van der Waals surface area contributed by atoms with Gasteiger partial charge in [-0.15, -0.1) is 0 Å². The Hall–Kier alpha value is -6.12. The highest BCUT2D eigenvalue weighted by atomic mass is 16.3. The van der Waals surface area contributed by atoms with Crippen LogP contribution in [0.15, 0.2) is 162 Å². The second kappa shape index (κ2) is 10.7. The fourth-order valence-electron chi connectivity index (χ4n) is 7.70. The van der Waals surface area contributed by atoms with E-state index >= 15 is 0 Å². The summed E-state index contributed by atoms with van der Waals surface area (Å²) in [5, 5.41) is 9.80. The molecule has 0 saturated heterocycles. The Balaban J connectivity index is 1.14. The topological polar surface area (TPSA) is 16.4 Å². The van der Waals surface area contributed by atoms with E-state index in [-0.39, 0.29) is 0 Å². The number of furan rings is 1. The van der Waals surface area contributed by atoms with E-state index in [9.17, 15) is 0 Å². The highest BCUT2D eigenvalue weighted by Crippen LogP contribution is 2.41. The lowest BCUT2D eigenvalue weighted by molar-refractivity contribution is 0.669. The molecule has 2 heteroatoms. The number of allylic oxidation sites excluding steroid dienone is 1. The average Bonchev–Trinajstić information content (AvgIpc) is 3.52. The van der Waals surface area contributed by atoms with Crippen molar-refractivity contribution in [1.82, 2.24) is 0 Å². The quantitative estimate of drug-likeness (QED) is 0.184. The fraction of sp³-hybridized carbons (Fsp3) is 0.0435. The fourth-order valence-corrected chi connectivity index (χ4v) is 7.70. The molecule has 0 radical (unpaired) electrons. The third-order valence-electron chi connectivity index (χ3n) is 10.1. The van der Waals surface area contributed by atoms with Crippen LogP contribution >= 0.6 is 0 Å². The SMILES string of the molecule is C1=Cc2ccc3cc(N(c4ccc(-c5ccccc5)cc4)c4ccc5c(ccc6cc7oc8ccccc8c7cc65)c4)ccc3c2CC1. The zero-order valence-electron chi connectivity index (χ0n) is 26.4. The van der Waals surface area contributed by atoms with Gasteiger partial charge in [-0.3, -0.25) is 0 Å². The second-order valence-electron chi connectivity index (χ2n) is 12.9. The van der Waals surface area contributed by atoms with Gasteiger partial charge in [0.25, 0.3) is 0 Å². The predicted octanol–water partition coefficient (Wildman–Crippen LogP) is 13.1. The zero-order valence-corrected chi connectivity index (χ0v) is 26.4. The molecule has 1 aliphatic rings.